The first-order chi connectivity index (χ1) is 16.4. The molecular formula is C26H26ClN5O2. The molecule has 7 nitrogen and oxygen atoms in total. The predicted molar refractivity (Wildman–Crippen MR) is 129 cm³/mol. The highest BCUT2D eigenvalue weighted by Crippen LogP contribution is 2.47. The molecule has 1 aliphatic carbocycles. The molecule has 1 aromatic carbocycles. The number of rotatable bonds is 4. The second-order valence-corrected chi connectivity index (χ2v) is 9.68. The van der Waals surface area contributed by atoms with Crippen LogP contribution in [0.4, 0.5) is 5.69 Å². The van der Waals surface area contributed by atoms with Crippen molar-refractivity contribution in [2.45, 2.75) is 56.5 Å². The summed E-state index contributed by atoms with van der Waals surface area (Å²) in [6.07, 6.45) is 8.62. The fourth-order valence-electron chi connectivity index (χ4n) is 5.13. The van der Waals surface area contributed by atoms with Crippen LogP contribution in [-0.2, 0) is 10.2 Å². The lowest BCUT2D eigenvalue weighted by atomic mass is 9.67. The Bertz CT molecular complexity index is 1230. The van der Waals surface area contributed by atoms with E-state index >= 15 is 0 Å². The van der Waals surface area contributed by atoms with Crippen LogP contribution in [0, 0.1) is 18.3 Å². The van der Waals surface area contributed by atoms with Gasteiger partial charge in [-0.2, -0.15) is 10.4 Å². The summed E-state index contributed by atoms with van der Waals surface area (Å²) in [6, 6.07) is 13.5. The van der Waals surface area contributed by atoms with Gasteiger partial charge in [0.05, 0.1) is 57.8 Å². The molecule has 1 aliphatic heterocycles. The van der Waals surface area contributed by atoms with Crippen molar-refractivity contribution in [2.75, 3.05) is 11.9 Å². The van der Waals surface area contributed by atoms with Crippen molar-refractivity contribution in [1.82, 2.24) is 14.8 Å². The Kier molecular flexibility index (Phi) is 5.88. The quantitative estimate of drug-likeness (QED) is 0.547. The van der Waals surface area contributed by atoms with Gasteiger partial charge in [0.2, 0.25) is 0 Å². The number of nitrogens with zero attached hydrogens (tertiary/aromatic N) is 4. The average Bonchev–Trinajstić information content (AvgIpc) is 3.48. The van der Waals surface area contributed by atoms with E-state index in [9.17, 15) is 10.1 Å². The Morgan fingerprint density at radius 1 is 1.12 bits per heavy atom. The van der Waals surface area contributed by atoms with Gasteiger partial charge in [0, 0.05) is 11.6 Å². The van der Waals surface area contributed by atoms with Crippen molar-refractivity contribution in [1.29, 1.82) is 5.26 Å². The van der Waals surface area contributed by atoms with Crippen molar-refractivity contribution >= 4 is 23.2 Å². The Hall–Kier alpha value is -3.21. The summed E-state index contributed by atoms with van der Waals surface area (Å²) in [4.78, 5) is 17.5. The van der Waals surface area contributed by atoms with Gasteiger partial charge in [-0.1, -0.05) is 11.6 Å². The highest BCUT2D eigenvalue weighted by Gasteiger charge is 2.46. The van der Waals surface area contributed by atoms with Gasteiger partial charge in [-0.3, -0.25) is 9.78 Å². The largest absolute Gasteiger partial charge is 0.375 e. The van der Waals surface area contributed by atoms with E-state index in [-0.39, 0.29) is 11.5 Å². The van der Waals surface area contributed by atoms with Gasteiger partial charge >= 0.3 is 0 Å². The first-order valence-corrected chi connectivity index (χ1v) is 12.0. The number of pyridine rings is 1. The van der Waals surface area contributed by atoms with E-state index in [1.54, 1.807) is 29.2 Å². The zero-order valence-corrected chi connectivity index (χ0v) is 19.8. The molecule has 1 amide bonds. The maximum absolute atomic E-state index is 12.9. The van der Waals surface area contributed by atoms with Crippen LogP contribution in [0.3, 0.4) is 0 Å². The van der Waals surface area contributed by atoms with E-state index in [2.05, 4.69) is 21.5 Å². The number of carbonyl (C=O) groups is 1. The summed E-state index contributed by atoms with van der Waals surface area (Å²) in [5.74, 6) is -0.264. The molecule has 5 rings (SSSR count). The number of anilines is 1. The maximum Gasteiger partial charge on any atom is 0.259 e. The number of amides is 1. The Morgan fingerprint density at radius 3 is 2.50 bits per heavy atom. The van der Waals surface area contributed by atoms with E-state index in [1.165, 1.54) is 0 Å². The molecule has 8 heteroatoms. The number of ether oxygens (including phenoxy) is 1. The lowest BCUT2D eigenvalue weighted by Gasteiger charge is -2.40. The minimum Gasteiger partial charge on any atom is -0.375 e. The topological polar surface area (TPSA) is 92.8 Å². The van der Waals surface area contributed by atoms with Crippen LogP contribution in [0.1, 0.15) is 60.3 Å². The zero-order valence-electron chi connectivity index (χ0n) is 19.1. The van der Waals surface area contributed by atoms with Crippen molar-refractivity contribution in [3.05, 3.63) is 70.8 Å². The number of aromatic nitrogens is 3. The first-order valence-electron chi connectivity index (χ1n) is 11.6. The molecule has 2 aliphatic rings. The fraction of sp³-hybridized carbons (Fsp3) is 0.385. The molecular weight excluding hydrogens is 450 g/mol. The van der Waals surface area contributed by atoms with Crippen molar-refractivity contribution in [3.63, 3.8) is 0 Å². The van der Waals surface area contributed by atoms with E-state index in [4.69, 9.17) is 16.3 Å². The molecule has 0 unspecified atom stereocenters. The second-order valence-electron chi connectivity index (χ2n) is 9.25. The van der Waals surface area contributed by atoms with E-state index in [0.29, 0.717) is 16.3 Å². The molecule has 3 heterocycles. The molecule has 0 radical (unpaired) electrons. The summed E-state index contributed by atoms with van der Waals surface area (Å²) in [5, 5.41) is 17.9. The number of nitrogens with one attached hydrogen (secondary N) is 1. The molecule has 1 N–H and O–H groups in total. The SMILES string of the molecule is Cc1c(C(=O)Nc2ccc(C3(C#N)CCC4(CCCO4)CC3)nc2)cnn1-c1ccc(Cl)cc1. The van der Waals surface area contributed by atoms with E-state index < -0.39 is 5.41 Å². The minimum absolute atomic E-state index is 0.0391. The second kappa shape index (κ2) is 8.86. The van der Waals surface area contributed by atoms with Gasteiger partial charge in [0.1, 0.15) is 0 Å². The van der Waals surface area contributed by atoms with Crippen molar-refractivity contribution in [2.24, 2.45) is 0 Å². The Labute approximate surface area is 203 Å². The molecule has 174 valence electrons. The summed E-state index contributed by atoms with van der Waals surface area (Å²) in [7, 11) is 0. The minimum atomic E-state index is -0.601. The number of halogens is 1. The summed E-state index contributed by atoms with van der Waals surface area (Å²) >= 11 is 5.97. The van der Waals surface area contributed by atoms with Gasteiger partial charge in [-0.15, -0.1) is 0 Å². The highest BCUT2D eigenvalue weighted by molar-refractivity contribution is 6.30. The van der Waals surface area contributed by atoms with Gasteiger partial charge < -0.3 is 10.1 Å². The van der Waals surface area contributed by atoms with Crippen LogP contribution in [0.25, 0.3) is 5.69 Å². The molecule has 1 saturated carbocycles. The molecule has 1 spiro atoms. The number of carbonyl (C=O) groups excluding carboxylic acids is 1. The Morgan fingerprint density at radius 2 is 1.88 bits per heavy atom. The van der Waals surface area contributed by atoms with Crippen molar-refractivity contribution in [3.8, 4) is 11.8 Å². The molecule has 0 bridgehead atoms. The average molecular weight is 476 g/mol. The third-order valence-electron chi connectivity index (χ3n) is 7.25. The summed E-state index contributed by atoms with van der Waals surface area (Å²) in [5.41, 5.74) is 2.71. The monoisotopic (exact) mass is 475 g/mol. The first kappa shape index (κ1) is 22.6. The van der Waals surface area contributed by atoms with E-state index in [0.717, 1.165) is 62.2 Å². The smallest absolute Gasteiger partial charge is 0.259 e. The third kappa shape index (κ3) is 4.08. The van der Waals surface area contributed by atoms with Crippen LogP contribution < -0.4 is 5.32 Å². The molecule has 1 saturated heterocycles. The molecule has 3 aromatic rings. The fourth-order valence-corrected chi connectivity index (χ4v) is 5.26. The lowest BCUT2D eigenvalue weighted by molar-refractivity contribution is -0.0347. The van der Waals surface area contributed by atoms with Crippen LogP contribution in [0.2, 0.25) is 5.02 Å². The number of nitriles is 1. The molecule has 0 atom stereocenters. The van der Waals surface area contributed by atoms with Crippen LogP contribution in [-0.4, -0.2) is 32.9 Å². The summed E-state index contributed by atoms with van der Waals surface area (Å²) in [6.45, 7) is 2.67. The maximum atomic E-state index is 12.9. The van der Waals surface area contributed by atoms with Crippen LogP contribution >= 0.6 is 11.6 Å². The predicted octanol–water partition coefficient (Wildman–Crippen LogP) is 5.37. The van der Waals surface area contributed by atoms with Gasteiger partial charge in [0.25, 0.3) is 5.91 Å². The van der Waals surface area contributed by atoms with Crippen molar-refractivity contribution < 1.29 is 9.53 Å². The van der Waals surface area contributed by atoms with Gasteiger partial charge in [-0.05, 0) is 81.8 Å². The molecule has 2 fully saturated rings. The number of benzene rings is 1. The standard InChI is InChI=1S/C26H26ClN5O2/c1-18-22(16-30-32(18)21-6-3-19(27)4-7-21)24(33)31-20-5-8-23(29-15-20)25(17-28)10-12-26(13-11-25)9-2-14-34-26/h3-8,15-16H,2,9-14H2,1H3,(H,31,33). The molecule has 2 aromatic heterocycles. The normalized spacial score (nSPS) is 24.1. The van der Waals surface area contributed by atoms with Crippen LogP contribution in [0.15, 0.2) is 48.8 Å². The highest BCUT2D eigenvalue weighted by atomic mass is 35.5. The van der Waals surface area contributed by atoms with Gasteiger partial charge in [-0.25, -0.2) is 4.68 Å². The summed E-state index contributed by atoms with van der Waals surface area (Å²) < 4.78 is 7.72. The van der Waals surface area contributed by atoms with E-state index in [1.807, 2.05) is 31.2 Å². The Balaban J connectivity index is 1.29. The zero-order chi connectivity index (χ0) is 23.8. The number of hydrogen-bond donors (Lipinski definition) is 1. The third-order valence-corrected chi connectivity index (χ3v) is 7.50. The molecule has 34 heavy (non-hydrogen) atoms. The lowest BCUT2D eigenvalue weighted by Crippen LogP contribution is -2.40. The number of hydrogen-bond acceptors (Lipinski definition) is 5. The van der Waals surface area contributed by atoms with Gasteiger partial charge in [0.15, 0.2) is 0 Å². The van der Waals surface area contributed by atoms with Crippen LogP contribution in [0.5, 0.6) is 0 Å².